The maximum Gasteiger partial charge on any atom is 0.265 e. The third kappa shape index (κ3) is 2.30. The molecule has 0 spiro atoms. The minimum atomic E-state index is -0.566. The number of amides is 1. The topological polar surface area (TPSA) is 64.6 Å². The van der Waals surface area contributed by atoms with Gasteiger partial charge in [-0.2, -0.15) is 0 Å². The normalized spacial score (nSPS) is 17.4. The summed E-state index contributed by atoms with van der Waals surface area (Å²) in [6.45, 7) is 4.18. The number of rotatable bonds is 4. The first-order chi connectivity index (χ1) is 8.65. The second kappa shape index (κ2) is 5.08. The van der Waals surface area contributed by atoms with E-state index in [-0.39, 0.29) is 5.91 Å². The molecule has 0 fully saturated rings. The highest BCUT2D eigenvalue weighted by atomic mass is 16.5. The number of anilines is 1. The van der Waals surface area contributed by atoms with Gasteiger partial charge in [-0.1, -0.05) is 6.92 Å². The van der Waals surface area contributed by atoms with Gasteiger partial charge >= 0.3 is 0 Å². The standard InChI is InChI=1S/C13H15NO4/c1-3-4-17-11-6-9(7-15)5-10-12(11)18-8(2)13(16)14-10/h5-8H,3-4H2,1-2H3,(H,14,16). The van der Waals surface area contributed by atoms with Crippen LogP contribution in [0.25, 0.3) is 0 Å². The summed E-state index contributed by atoms with van der Waals surface area (Å²) in [6, 6.07) is 3.19. The van der Waals surface area contributed by atoms with Crippen LogP contribution in [0.1, 0.15) is 30.6 Å². The number of hydrogen-bond acceptors (Lipinski definition) is 4. The van der Waals surface area contributed by atoms with Crippen LogP contribution in [0.5, 0.6) is 11.5 Å². The molecule has 1 unspecified atom stereocenters. The number of aldehydes is 1. The van der Waals surface area contributed by atoms with Crippen molar-refractivity contribution in [2.75, 3.05) is 11.9 Å². The predicted octanol–water partition coefficient (Wildman–Crippen LogP) is 2.01. The smallest absolute Gasteiger partial charge is 0.265 e. The summed E-state index contributed by atoms with van der Waals surface area (Å²) in [7, 11) is 0. The van der Waals surface area contributed by atoms with Crippen molar-refractivity contribution < 1.29 is 19.1 Å². The Balaban J connectivity index is 2.42. The van der Waals surface area contributed by atoms with Crippen molar-refractivity contribution in [1.29, 1.82) is 0 Å². The van der Waals surface area contributed by atoms with Crippen LogP contribution in [0.2, 0.25) is 0 Å². The summed E-state index contributed by atoms with van der Waals surface area (Å²) in [4.78, 5) is 22.4. The lowest BCUT2D eigenvalue weighted by molar-refractivity contribution is -0.122. The average Bonchev–Trinajstić information content (AvgIpc) is 2.37. The van der Waals surface area contributed by atoms with E-state index in [1.54, 1.807) is 19.1 Å². The first-order valence-electron chi connectivity index (χ1n) is 5.89. The molecule has 1 aromatic carbocycles. The van der Waals surface area contributed by atoms with E-state index in [0.29, 0.717) is 35.6 Å². The highest BCUT2D eigenvalue weighted by Gasteiger charge is 2.27. The molecule has 1 N–H and O–H groups in total. The van der Waals surface area contributed by atoms with Crippen molar-refractivity contribution in [2.45, 2.75) is 26.4 Å². The summed E-state index contributed by atoms with van der Waals surface area (Å²) < 4.78 is 11.1. The minimum absolute atomic E-state index is 0.230. The van der Waals surface area contributed by atoms with Gasteiger partial charge in [0.2, 0.25) is 0 Å². The zero-order valence-corrected chi connectivity index (χ0v) is 10.4. The second-order valence-electron chi connectivity index (χ2n) is 4.11. The van der Waals surface area contributed by atoms with Crippen molar-refractivity contribution in [3.8, 4) is 11.5 Å². The molecule has 1 atom stereocenters. The van der Waals surface area contributed by atoms with Gasteiger partial charge in [0, 0.05) is 5.56 Å². The second-order valence-corrected chi connectivity index (χ2v) is 4.11. The molecule has 96 valence electrons. The number of carbonyl (C=O) groups excluding carboxylic acids is 2. The van der Waals surface area contributed by atoms with Gasteiger partial charge in [-0.25, -0.2) is 0 Å². The van der Waals surface area contributed by atoms with Gasteiger partial charge in [0.1, 0.15) is 6.29 Å². The minimum Gasteiger partial charge on any atom is -0.490 e. The Morgan fingerprint density at radius 3 is 2.94 bits per heavy atom. The number of ether oxygens (including phenoxy) is 2. The van der Waals surface area contributed by atoms with Crippen LogP contribution in [0.4, 0.5) is 5.69 Å². The Bertz CT molecular complexity index is 484. The Morgan fingerprint density at radius 1 is 1.50 bits per heavy atom. The molecule has 18 heavy (non-hydrogen) atoms. The number of carbonyl (C=O) groups is 2. The van der Waals surface area contributed by atoms with Gasteiger partial charge in [0.25, 0.3) is 5.91 Å². The summed E-state index contributed by atoms with van der Waals surface area (Å²) in [5.74, 6) is 0.747. The van der Waals surface area contributed by atoms with Crippen molar-refractivity contribution >= 4 is 17.9 Å². The van der Waals surface area contributed by atoms with Gasteiger partial charge in [0.15, 0.2) is 17.6 Å². The van der Waals surface area contributed by atoms with Crippen molar-refractivity contribution in [3.05, 3.63) is 17.7 Å². The third-order valence-corrected chi connectivity index (χ3v) is 2.60. The van der Waals surface area contributed by atoms with Crippen LogP contribution >= 0.6 is 0 Å². The lowest BCUT2D eigenvalue weighted by atomic mass is 10.1. The van der Waals surface area contributed by atoms with Crippen LogP contribution in [0.3, 0.4) is 0 Å². The number of fused-ring (bicyclic) bond motifs is 1. The van der Waals surface area contributed by atoms with Gasteiger partial charge in [-0.05, 0) is 25.5 Å². The highest BCUT2D eigenvalue weighted by molar-refractivity contribution is 5.99. The predicted molar refractivity (Wildman–Crippen MR) is 66.3 cm³/mol. The SMILES string of the molecule is CCCOc1cc(C=O)cc2c1OC(C)C(=O)N2. The molecule has 1 aromatic rings. The quantitative estimate of drug-likeness (QED) is 0.829. The molecular formula is C13H15NO4. The number of hydrogen-bond donors (Lipinski definition) is 1. The summed E-state index contributed by atoms with van der Waals surface area (Å²) in [6.07, 6.45) is 0.995. The molecular weight excluding hydrogens is 234 g/mol. The van der Waals surface area contributed by atoms with Crippen LogP contribution in [0, 0.1) is 0 Å². The maximum absolute atomic E-state index is 11.5. The molecule has 2 rings (SSSR count). The van der Waals surface area contributed by atoms with Crippen LogP contribution in [-0.2, 0) is 4.79 Å². The van der Waals surface area contributed by atoms with Gasteiger partial charge < -0.3 is 14.8 Å². The van der Waals surface area contributed by atoms with E-state index in [1.165, 1.54) is 0 Å². The zero-order valence-electron chi connectivity index (χ0n) is 10.4. The fourth-order valence-corrected chi connectivity index (χ4v) is 1.69. The lowest BCUT2D eigenvalue weighted by Gasteiger charge is -2.25. The molecule has 0 radical (unpaired) electrons. The molecule has 0 saturated heterocycles. The fraction of sp³-hybridized carbons (Fsp3) is 0.385. The van der Waals surface area contributed by atoms with E-state index in [1.807, 2.05) is 6.92 Å². The molecule has 0 aromatic heterocycles. The summed E-state index contributed by atoms with van der Waals surface area (Å²) >= 11 is 0. The van der Waals surface area contributed by atoms with Gasteiger partial charge in [-0.3, -0.25) is 9.59 Å². The van der Waals surface area contributed by atoms with Crippen molar-refractivity contribution in [3.63, 3.8) is 0 Å². The van der Waals surface area contributed by atoms with Gasteiger partial charge in [0.05, 0.1) is 12.3 Å². The first kappa shape index (κ1) is 12.4. The van der Waals surface area contributed by atoms with E-state index in [4.69, 9.17) is 9.47 Å². The fourth-order valence-electron chi connectivity index (χ4n) is 1.69. The Labute approximate surface area is 105 Å². The largest absolute Gasteiger partial charge is 0.490 e. The Kier molecular flexibility index (Phi) is 3.50. The molecule has 5 heteroatoms. The van der Waals surface area contributed by atoms with E-state index >= 15 is 0 Å². The number of benzene rings is 1. The lowest BCUT2D eigenvalue weighted by Crippen LogP contribution is -2.34. The van der Waals surface area contributed by atoms with Gasteiger partial charge in [-0.15, -0.1) is 0 Å². The molecule has 0 bridgehead atoms. The molecule has 0 aliphatic carbocycles. The molecule has 5 nitrogen and oxygen atoms in total. The van der Waals surface area contributed by atoms with E-state index in [0.717, 1.165) is 6.42 Å². The van der Waals surface area contributed by atoms with E-state index in [9.17, 15) is 9.59 Å². The third-order valence-electron chi connectivity index (χ3n) is 2.60. The first-order valence-corrected chi connectivity index (χ1v) is 5.89. The maximum atomic E-state index is 11.5. The summed E-state index contributed by atoms with van der Waals surface area (Å²) in [5, 5.41) is 2.70. The van der Waals surface area contributed by atoms with Crippen molar-refractivity contribution in [1.82, 2.24) is 0 Å². The van der Waals surface area contributed by atoms with Crippen LogP contribution < -0.4 is 14.8 Å². The van der Waals surface area contributed by atoms with Crippen molar-refractivity contribution in [2.24, 2.45) is 0 Å². The molecule has 1 amide bonds. The van der Waals surface area contributed by atoms with E-state index in [2.05, 4.69) is 5.32 Å². The Hall–Kier alpha value is -2.04. The average molecular weight is 249 g/mol. The highest BCUT2D eigenvalue weighted by Crippen LogP contribution is 2.39. The monoisotopic (exact) mass is 249 g/mol. The number of nitrogens with one attached hydrogen (secondary N) is 1. The van der Waals surface area contributed by atoms with Crippen LogP contribution in [0.15, 0.2) is 12.1 Å². The summed E-state index contributed by atoms with van der Waals surface area (Å²) in [5.41, 5.74) is 0.923. The molecule has 1 heterocycles. The molecule has 1 aliphatic heterocycles. The molecule has 0 saturated carbocycles. The zero-order chi connectivity index (χ0) is 13.1. The Morgan fingerprint density at radius 2 is 2.28 bits per heavy atom. The van der Waals surface area contributed by atoms with Crippen LogP contribution in [-0.4, -0.2) is 24.9 Å². The van der Waals surface area contributed by atoms with E-state index < -0.39 is 6.10 Å². The molecule has 1 aliphatic rings.